The summed E-state index contributed by atoms with van der Waals surface area (Å²) in [5.74, 6) is -0.483. The molecule has 27 heavy (non-hydrogen) atoms. The number of nitrogens with zero attached hydrogens (tertiary/aromatic N) is 2. The van der Waals surface area contributed by atoms with Crippen LogP contribution in [0, 0.1) is 5.82 Å². The molecule has 1 fully saturated rings. The molecule has 1 aliphatic rings. The molecule has 1 amide bonds. The Balaban J connectivity index is 1.86. The first-order chi connectivity index (χ1) is 12.9. The number of hydrogen-bond acceptors (Lipinski definition) is 4. The van der Waals surface area contributed by atoms with E-state index in [2.05, 4.69) is 0 Å². The van der Waals surface area contributed by atoms with E-state index in [1.54, 1.807) is 37.6 Å². The summed E-state index contributed by atoms with van der Waals surface area (Å²) in [6.07, 6.45) is 1.70. The number of hydrogen-bond donors (Lipinski definition) is 0. The van der Waals surface area contributed by atoms with Crippen molar-refractivity contribution in [3.8, 4) is 5.75 Å². The fourth-order valence-electron chi connectivity index (χ4n) is 3.34. The fourth-order valence-corrected chi connectivity index (χ4v) is 3.34. The lowest BCUT2D eigenvalue weighted by atomic mass is 9.97. The Hall–Kier alpha value is -2.67. The maximum Gasteiger partial charge on any atom is 0.274 e. The molecule has 2 aromatic rings. The van der Waals surface area contributed by atoms with Crippen molar-refractivity contribution in [2.45, 2.75) is 31.9 Å². The van der Waals surface area contributed by atoms with E-state index in [0.717, 1.165) is 0 Å². The van der Waals surface area contributed by atoms with Crippen LogP contribution in [0.4, 0.5) is 10.1 Å². The molecular weight excluding hydrogens is 351 g/mol. The third-order valence-corrected chi connectivity index (χ3v) is 4.92. The number of amides is 1. The van der Waals surface area contributed by atoms with Crippen LogP contribution in [0.5, 0.6) is 5.75 Å². The zero-order valence-electron chi connectivity index (χ0n) is 15.6. The van der Waals surface area contributed by atoms with E-state index in [9.17, 15) is 14.0 Å². The van der Waals surface area contributed by atoms with Crippen molar-refractivity contribution in [1.29, 1.82) is 0 Å². The Morgan fingerprint density at radius 2 is 2.04 bits per heavy atom. The second kappa shape index (κ2) is 7.92. The van der Waals surface area contributed by atoms with E-state index in [0.29, 0.717) is 23.5 Å². The molecule has 1 saturated heterocycles. The Morgan fingerprint density at radius 1 is 1.26 bits per heavy atom. The Morgan fingerprint density at radius 3 is 2.70 bits per heavy atom. The predicted molar refractivity (Wildman–Crippen MR) is 99.8 cm³/mol. The molecule has 3 rings (SSSR count). The predicted octanol–water partition coefficient (Wildman–Crippen LogP) is 2.55. The van der Waals surface area contributed by atoms with Gasteiger partial charge in [-0.3, -0.25) is 9.59 Å². The van der Waals surface area contributed by atoms with Gasteiger partial charge in [-0.05, 0) is 30.7 Å². The summed E-state index contributed by atoms with van der Waals surface area (Å²) in [6.45, 7) is 2.52. The van der Waals surface area contributed by atoms with Gasteiger partial charge in [0.25, 0.3) is 5.56 Å². The summed E-state index contributed by atoms with van der Waals surface area (Å²) >= 11 is 0. The number of ether oxygens (including phenoxy) is 2. The van der Waals surface area contributed by atoms with E-state index < -0.39 is 5.82 Å². The zero-order valence-corrected chi connectivity index (χ0v) is 15.6. The number of carbonyl (C=O) groups is 1. The topological polar surface area (TPSA) is 60.8 Å². The molecule has 1 aromatic carbocycles. The summed E-state index contributed by atoms with van der Waals surface area (Å²) in [4.78, 5) is 26.8. The van der Waals surface area contributed by atoms with Crippen molar-refractivity contribution >= 4 is 11.6 Å². The third-order valence-electron chi connectivity index (χ3n) is 4.92. The van der Waals surface area contributed by atoms with Crippen LogP contribution in [0.3, 0.4) is 0 Å². The molecule has 144 valence electrons. The van der Waals surface area contributed by atoms with Gasteiger partial charge in [0.15, 0.2) is 0 Å². The number of rotatable bonds is 6. The quantitative estimate of drug-likeness (QED) is 0.780. The fraction of sp³-hybridized carbons (Fsp3) is 0.400. The highest BCUT2D eigenvalue weighted by atomic mass is 19.1. The average molecular weight is 374 g/mol. The molecule has 0 radical (unpaired) electrons. The highest BCUT2D eigenvalue weighted by Gasteiger charge is 2.34. The maximum atomic E-state index is 14.4. The lowest BCUT2D eigenvalue weighted by Gasteiger charge is -2.19. The van der Waals surface area contributed by atoms with Gasteiger partial charge in [0.2, 0.25) is 5.91 Å². The van der Waals surface area contributed by atoms with Gasteiger partial charge in [0, 0.05) is 38.3 Å². The number of carbonyl (C=O) groups excluding carboxylic acids is 1. The number of pyridine rings is 1. The van der Waals surface area contributed by atoms with Crippen molar-refractivity contribution < 1.29 is 18.7 Å². The minimum absolute atomic E-state index is 0.131. The van der Waals surface area contributed by atoms with Crippen LogP contribution in [0.15, 0.2) is 41.3 Å². The second-order valence-electron chi connectivity index (χ2n) is 6.69. The van der Waals surface area contributed by atoms with Crippen LogP contribution in [0.2, 0.25) is 0 Å². The van der Waals surface area contributed by atoms with Gasteiger partial charge in [-0.1, -0.05) is 6.07 Å². The molecule has 0 spiro atoms. The van der Waals surface area contributed by atoms with Crippen molar-refractivity contribution in [3.05, 3.63) is 58.3 Å². The van der Waals surface area contributed by atoms with Gasteiger partial charge >= 0.3 is 0 Å². The molecule has 0 N–H and O–H groups in total. The normalized spacial score (nSPS) is 18.0. The molecule has 0 bridgehead atoms. The van der Waals surface area contributed by atoms with E-state index in [1.165, 1.54) is 22.6 Å². The number of aromatic nitrogens is 1. The SMILES string of the molecule is COc1ccc([C@H]2CC(=O)N(c3cccn(CC(C)OC)c3=O)C2)c(F)c1. The van der Waals surface area contributed by atoms with E-state index in [4.69, 9.17) is 9.47 Å². The summed E-state index contributed by atoms with van der Waals surface area (Å²) in [6, 6.07) is 7.98. The Labute approximate surface area is 157 Å². The highest BCUT2D eigenvalue weighted by molar-refractivity contribution is 5.96. The summed E-state index contributed by atoms with van der Waals surface area (Å²) in [5.41, 5.74) is 0.503. The molecule has 2 atom stereocenters. The van der Waals surface area contributed by atoms with Gasteiger partial charge in [-0.15, -0.1) is 0 Å². The first kappa shape index (κ1) is 19.1. The van der Waals surface area contributed by atoms with Crippen molar-refractivity contribution in [3.63, 3.8) is 0 Å². The molecule has 1 aromatic heterocycles. The zero-order chi connectivity index (χ0) is 19.6. The Kier molecular flexibility index (Phi) is 5.60. The van der Waals surface area contributed by atoms with Crippen LogP contribution < -0.4 is 15.2 Å². The van der Waals surface area contributed by atoms with Crippen molar-refractivity contribution in [2.75, 3.05) is 25.7 Å². The third kappa shape index (κ3) is 3.88. The number of methoxy groups -OCH3 is 2. The molecule has 0 aliphatic carbocycles. The van der Waals surface area contributed by atoms with Gasteiger partial charge in [0.1, 0.15) is 17.3 Å². The van der Waals surface area contributed by atoms with Crippen molar-refractivity contribution in [2.24, 2.45) is 0 Å². The lowest BCUT2D eigenvalue weighted by molar-refractivity contribution is -0.117. The second-order valence-corrected chi connectivity index (χ2v) is 6.69. The minimum Gasteiger partial charge on any atom is -0.497 e. The van der Waals surface area contributed by atoms with Gasteiger partial charge < -0.3 is 18.9 Å². The summed E-state index contributed by atoms with van der Waals surface area (Å²) < 4.78 is 26.1. The molecule has 7 heteroatoms. The molecule has 1 aliphatic heterocycles. The highest BCUT2D eigenvalue weighted by Crippen LogP contribution is 2.33. The molecule has 6 nitrogen and oxygen atoms in total. The largest absolute Gasteiger partial charge is 0.497 e. The van der Waals surface area contributed by atoms with Crippen LogP contribution in [-0.2, 0) is 16.1 Å². The Bertz CT molecular complexity index is 896. The van der Waals surface area contributed by atoms with E-state index in [-0.39, 0.29) is 36.5 Å². The molecule has 2 heterocycles. The molecule has 0 saturated carbocycles. The monoisotopic (exact) mass is 374 g/mol. The van der Waals surface area contributed by atoms with Crippen LogP contribution in [0.1, 0.15) is 24.8 Å². The maximum absolute atomic E-state index is 14.4. The minimum atomic E-state index is -0.409. The van der Waals surface area contributed by atoms with Crippen molar-refractivity contribution in [1.82, 2.24) is 4.57 Å². The lowest BCUT2D eigenvalue weighted by Crippen LogP contribution is -2.34. The molecular formula is C20H23FN2O4. The number of halogens is 1. The summed E-state index contributed by atoms with van der Waals surface area (Å²) in [5, 5.41) is 0. The van der Waals surface area contributed by atoms with E-state index in [1.807, 2.05) is 6.92 Å². The summed E-state index contributed by atoms with van der Waals surface area (Å²) in [7, 11) is 3.05. The molecule has 1 unspecified atom stereocenters. The standard InChI is InChI=1S/C20H23FN2O4/c1-13(26-2)11-22-8-4-5-18(20(22)25)23-12-14(9-19(23)24)16-7-6-15(27-3)10-17(16)21/h4-8,10,13-14H,9,11-12H2,1-3H3/t13?,14-/m0/s1. The van der Waals surface area contributed by atoms with Gasteiger partial charge in [-0.2, -0.15) is 0 Å². The first-order valence-electron chi connectivity index (χ1n) is 8.80. The average Bonchev–Trinajstić information content (AvgIpc) is 3.04. The van der Waals surface area contributed by atoms with Gasteiger partial charge in [0.05, 0.1) is 19.8 Å². The van der Waals surface area contributed by atoms with Crippen LogP contribution in [-0.4, -0.2) is 37.3 Å². The van der Waals surface area contributed by atoms with Crippen LogP contribution in [0.25, 0.3) is 0 Å². The smallest absolute Gasteiger partial charge is 0.274 e. The number of anilines is 1. The number of benzene rings is 1. The van der Waals surface area contributed by atoms with E-state index >= 15 is 0 Å². The van der Waals surface area contributed by atoms with Crippen LogP contribution >= 0.6 is 0 Å². The van der Waals surface area contributed by atoms with Gasteiger partial charge in [-0.25, -0.2) is 4.39 Å². The first-order valence-corrected chi connectivity index (χ1v) is 8.80.